The molecule has 0 bridgehead atoms. The van der Waals surface area contributed by atoms with Crippen molar-refractivity contribution >= 4 is 27.7 Å². The second-order valence-electron chi connectivity index (χ2n) is 6.36. The highest BCUT2D eigenvalue weighted by atomic mass is 79.9. The van der Waals surface area contributed by atoms with Crippen molar-refractivity contribution in [3.63, 3.8) is 0 Å². The fourth-order valence-electron chi connectivity index (χ4n) is 2.77. The number of hydrogen-bond donors (Lipinski definition) is 1. The van der Waals surface area contributed by atoms with Gasteiger partial charge in [-0.05, 0) is 44.2 Å². The maximum atomic E-state index is 12.8. The van der Waals surface area contributed by atoms with Crippen LogP contribution >= 0.6 is 15.9 Å². The molecule has 1 saturated carbocycles. The monoisotopic (exact) mass is 350 g/mol. The number of rotatable bonds is 3. The van der Waals surface area contributed by atoms with Crippen LogP contribution in [-0.4, -0.2) is 28.3 Å². The van der Waals surface area contributed by atoms with Gasteiger partial charge in [-0.2, -0.15) is 0 Å². The Morgan fingerprint density at radius 1 is 1.29 bits per heavy atom. The topological polar surface area (TPSA) is 49.4 Å². The fourth-order valence-corrected chi connectivity index (χ4v) is 3.18. The van der Waals surface area contributed by atoms with Crippen molar-refractivity contribution in [1.82, 2.24) is 10.2 Å². The van der Waals surface area contributed by atoms with Crippen LogP contribution in [0.2, 0.25) is 0 Å². The van der Waals surface area contributed by atoms with E-state index in [4.69, 9.17) is 0 Å². The Morgan fingerprint density at radius 2 is 1.95 bits per heavy atom. The van der Waals surface area contributed by atoms with E-state index in [0.29, 0.717) is 12.5 Å². The fraction of sp³-hybridized carbons (Fsp3) is 0.500. The number of amides is 2. The molecule has 1 aliphatic carbocycles. The summed E-state index contributed by atoms with van der Waals surface area (Å²) in [5.74, 6) is 0.295. The van der Waals surface area contributed by atoms with Crippen LogP contribution in [0, 0.1) is 5.92 Å². The zero-order valence-electron chi connectivity index (χ0n) is 12.2. The Labute approximate surface area is 133 Å². The molecule has 1 atom stereocenters. The average molecular weight is 351 g/mol. The van der Waals surface area contributed by atoms with Crippen LogP contribution in [-0.2, 0) is 16.1 Å². The van der Waals surface area contributed by atoms with Gasteiger partial charge in [0.15, 0.2) is 0 Å². The van der Waals surface area contributed by atoms with Gasteiger partial charge >= 0.3 is 0 Å². The van der Waals surface area contributed by atoms with E-state index in [1.807, 2.05) is 24.3 Å². The average Bonchev–Trinajstić information content (AvgIpc) is 3.25. The highest BCUT2D eigenvalue weighted by Crippen LogP contribution is 2.37. The number of carbonyl (C=O) groups is 2. The first-order valence-electron chi connectivity index (χ1n) is 7.27. The molecule has 1 aromatic carbocycles. The van der Waals surface area contributed by atoms with E-state index in [-0.39, 0.29) is 17.9 Å². The molecule has 3 rings (SSSR count). The highest BCUT2D eigenvalue weighted by molar-refractivity contribution is 9.10. The van der Waals surface area contributed by atoms with Gasteiger partial charge in [0.05, 0.1) is 0 Å². The number of nitrogens with zero attached hydrogens (tertiary/aromatic N) is 1. The summed E-state index contributed by atoms with van der Waals surface area (Å²) >= 11 is 3.51. The van der Waals surface area contributed by atoms with Gasteiger partial charge in [-0.25, -0.2) is 0 Å². The number of carbonyl (C=O) groups excluding carboxylic acids is 2. The first-order valence-corrected chi connectivity index (χ1v) is 8.06. The van der Waals surface area contributed by atoms with Gasteiger partial charge < -0.3 is 10.2 Å². The quantitative estimate of drug-likeness (QED) is 0.910. The van der Waals surface area contributed by atoms with Crippen molar-refractivity contribution in [3.8, 4) is 0 Å². The number of benzene rings is 1. The van der Waals surface area contributed by atoms with Gasteiger partial charge in [-0.1, -0.05) is 34.1 Å². The molecule has 0 aromatic heterocycles. The van der Waals surface area contributed by atoms with E-state index in [0.717, 1.165) is 22.9 Å². The molecule has 1 saturated heterocycles. The van der Waals surface area contributed by atoms with Crippen LogP contribution in [0.3, 0.4) is 0 Å². The SMILES string of the molecule is CC1(C)C(=O)NC(C2CC2)C(=O)N1Cc1ccccc1Br. The summed E-state index contributed by atoms with van der Waals surface area (Å²) in [6.45, 7) is 4.06. The predicted octanol–water partition coefficient (Wildman–Crippen LogP) is 2.46. The Kier molecular flexibility index (Phi) is 3.56. The Morgan fingerprint density at radius 3 is 2.57 bits per heavy atom. The summed E-state index contributed by atoms with van der Waals surface area (Å²) in [6, 6.07) is 7.48. The molecule has 1 aliphatic heterocycles. The van der Waals surface area contributed by atoms with Crippen molar-refractivity contribution in [1.29, 1.82) is 0 Å². The molecule has 5 heteroatoms. The lowest BCUT2D eigenvalue weighted by molar-refractivity contribution is -0.156. The molecule has 112 valence electrons. The molecule has 0 spiro atoms. The number of halogens is 1. The maximum absolute atomic E-state index is 12.8. The third-order valence-electron chi connectivity index (χ3n) is 4.43. The van der Waals surface area contributed by atoms with Crippen LogP contribution in [0.5, 0.6) is 0 Å². The minimum absolute atomic E-state index is 0.0397. The molecule has 2 fully saturated rings. The Bertz CT molecular complexity index is 596. The summed E-state index contributed by atoms with van der Waals surface area (Å²) in [6.07, 6.45) is 2.06. The normalized spacial score (nSPS) is 24.9. The minimum atomic E-state index is -0.822. The lowest BCUT2D eigenvalue weighted by Gasteiger charge is -2.44. The van der Waals surface area contributed by atoms with Gasteiger partial charge in [-0.3, -0.25) is 9.59 Å². The molecule has 2 aliphatic rings. The summed E-state index contributed by atoms with van der Waals surface area (Å²) in [5.41, 5.74) is 0.195. The molecule has 4 nitrogen and oxygen atoms in total. The molecule has 0 radical (unpaired) electrons. The standard InChI is InChI=1S/C16H19BrN2O2/c1-16(2)15(21)18-13(10-7-8-10)14(20)19(16)9-11-5-3-4-6-12(11)17/h3-6,10,13H,7-9H2,1-2H3,(H,18,21). The summed E-state index contributed by atoms with van der Waals surface area (Å²) in [4.78, 5) is 26.9. The molecule has 2 amide bonds. The van der Waals surface area contributed by atoms with Crippen LogP contribution in [0.1, 0.15) is 32.3 Å². The third kappa shape index (κ3) is 2.59. The zero-order valence-corrected chi connectivity index (χ0v) is 13.8. The van der Waals surface area contributed by atoms with Gasteiger partial charge in [0.1, 0.15) is 11.6 Å². The van der Waals surface area contributed by atoms with Crippen molar-refractivity contribution in [2.75, 3.05) is 0 Å². The highest BCUT2D eigenvalue weighted by Gasteiger charge is 2.50. The second-order valence-corrected chi connectivity index (χ2v) is 7.22. The van der Waals surface area contributed by atoms with Gasteiger partial charge in [0, 0.05) is 11.0 Å². The van der Waals surface area contributed by atoms with E-state index >= 15 is 0 Å². The number of piperazine rings is 1. The third-order valence-corrected chi connectivity index (χ3v) is 5.20. The minimum Gasteiger partial charge on any atom is -0.342 e. The zero-order chi connectivity index (χ0) is 15.2. The van der Waals surface area contributed by atoms with Crippen LogP contribution < -0.4 is 5.32 Å². The first kappa shape index (κ1) is 14.6. The number of hydrogen-bond acceptors (Lipinski definition) is 2. The first-order chi connectivity index (χ1) is 9.91. The molecule has 21 heavy (non-hydrogen) atoms. The molecule has 1 aromatic rings. The van der Waals surface area contributed by atoms with Gasteiger partial charge in [0.25, 0.3) is 0 Å². The maximum Gasteiger partial charge on any atom is 0.246 e. The lowest BCUT2D eigenvalue weighted by atomic mass is 9.93. The van der Waals surface area contributed by atoms with Crippen molar-refractivity contribution in [2.24, 2.45) is 5.92 Å². The largest absolute Gasteiger partial charge is 0.342 e. The molecule has 1 N–H and O–H groups in total. The van der Waals surface area contributed by atoms with Gasteiger partial charge in [-0.15, -0.1) is 0 Å². The summed E-state index contributed by atoms with van der Waals surface area (Å²) < 4.78 is 0.961. The molecular formula is C16H19BrN2O2. The van der Waals surface area contributed by atoms with E-state index in [2.05, 4.69) is 21.2 Å². The van der Waals surface area contributed by atoms with Gasteiger partial charge in [0.2, 0.25) is 11.8 Å². The van der Waals surface area contributed by atoms with Crippen LogP contribution in [0.4, 0.5) is 0 Å². The molecular weight excluding hydrogens is 332 g/mol. The van der Waals surface area contributed by atoms with Crippen molar-refractivity contribution in [2.45, 2.75) is 44.8 Å². The number of nitrogens with one attached hydrogen (secondary N) is 1. The summed E-state index contributed by atoms with van der Waals surface area (Å²) in [7, 11) is 0. The Hall–Kier alpha value is -1.36. The van der Waals surface area contributed by atoms with Crippen molar-refractivity contribution < 1.29 is 9.59 Å². The van der Waals surface area contributed by atoms with E-state index in [1.165, 1.54) is 0 Å². The van der Waals surface area contributed by atoms with Crippen LogP contribution in [0.25, 0.3) is 0 Å². The summed E-state index contributed by atoms with van der Waals surface area (Å²) in [5, 5.41) is 2.91. The molecule has 1 unspecified atom stereocenters. The van der Waals surface area contributed by atoms with E-state index < -0.39 is 5.54 Å². The van der Waals surface area contributed by atoms with E-state index in [1.54, 1.807) is 18.7 Å². The Balaban J connectivity index is 1.90. The second kappa shape index (κ2) is 5.13. The van der Waals surface area contributed by atoms with E-state index in [9.17, 15) is 9.59 Å². The van der Waals surface area contributed by atoms with Crippen LogP contribution in [0.15, 0.2) is 28.7 Å². The smallest absolute Gasteiger partial charge is 0.246 e. The van der Waals surface area contributed by atoms with Crippen molar-refractivity contribution in [3.05, 3.63) is 34.3 Å². The predicted molar refractivity (Wildman–Crippen MR) is 83.4 cm³/mol. The molecule has 1 heterocycles. The lowest BCUT2D eigenvalue weighted by Crippen LogP contribution is -2.68.